The lowest BCUT2D eigenvalue weighted by Gasteiger charge is -2.34. The van der Waals surface area contributed by atoms with Gasteiger partial charge in [0.25, 0.3) is 0 Å². The van der Waals surface area contributed by atoms with Gasteiger partial charge in [-0.15, -0.1) is 0 Å². The molecule has 0 saturated carbocycles. The Balaban J connectivity index is 0.693. The SMILES string of the molecule is c1ccc(-c2ccc(N(c3ccccc3)c3cc4c(c5ccccc35)C3(c5ccccc5-c5ccccc53)c3c-4c4ccccc4c4ccccc34)c(-c3cccc(-c4ccc5c(c4)-c4ccccc4C54c5c(cc(N(c6ccccc6)c6ccc(-c7ccccc7)cc6-c6ccccc6)c6ccccc56)-c5c4c4ccccc4c4ccccc54)c3)c2)cc1. The molecule has 26 rings (SSSR count). The van der Waals surface area contributed by atoms with E-state index in [4.69, 9.17) is 0 Å². The zero-order valence-electron chi connectivity index (χ0n) is 67.8. The minimum Gasteiger partial charge on any atom is -0.309 e. The van der Waals surface area contributed by atoms with Crippen LogP contribution in [0.2, 0.25) is 0 Å². The van der Waals surface area contributed by atoms with Crippen molar-refractivity contribution in [1.29, 1.82) is 0 Å². The third-order valence-corrected chi connectivity index (χ3v) is 27.7. The number of hydrogen-bond acceptors (Lipinski definition) is 2. The Labute approximate surface area is 720 Å². The second-order valence-corrected chi connectivity index (χ2v) is 33.8. The van der Waals surface area contributed by atoms with E-state index in [0.29, 0.717) is 0 Å². The average molecular weight is 1570 g/mol. The van der Waals surface area contributed by atoms with Gasteiger partial charge in [0.2, 0.25) is 0 Å². The van der Waals surface area contributed by atoms with Crippen molar-refractivity contribution in [2.75, 3.05) is 9.80 Å². The first-order valence-corrected chi connectivity index (χ1v) is 43.3. The summed E-state index contributed by atoms with van der Waals surface area (Å²) in [4.78, 5) is 5.13. The molecule has 22 aromatic carbocycles. The van der Waals surface area contributed by atoms with Gasteiger partial charge in [-0.05, 0) is 260 Å². The van der Waals surface area contributed by atoms with Crippen molar-refractivity contribution in [3.05, 3.63) is 506 Å². The van der Waals surface area contributed by atoms with Crippen LogP contribution in [0, 0.1) is 0 Å². The van der Waals surface area contributed by atoms with Crippen LogP contribution in [0.3, 0.4) is 0 Å². The number of hydrogen-bond donors (Lipinski definition) is 0. The molecule has 0 fully saturated rings. The van der Waals surface area contributed by atoms with Crippen LogP contribution in [0.15, 0.2) is 461 Å². The summed E-state index contributed by atoms with van der Waals surface area (Å²) in [6.45, 7) is 0. The molecular weight excluding hydrogens is 1490 g/mol. The van der Waals surface area contributed by atoms with Gasteiger partial charge in [-0.1, -0.05) is 388 Å². The summed E-state index contributed by atoms with van der Waals surface area (Å²) in [5.41, 5.74) is 37.2. The highest BCUT2D eigenvalue weighted by molar-refractivity contribution is 6.25. The van der Waals surface area contributed by atoms with E-state index >= 15 is 0 Å². The Bertz CT molecular complexity index is 8190. The maximum absolute atomic E-state index is 2.59. The summed E-state index contributed by atoms with van der Waals surface area (Å²) < 4.78 is 0. The molecule has 0 heterocycles. The fourth-order valence-corrected chi connectivity index (χ4v) is 22.9. The van der Waals surface area contributed by atoms with Crippen LogP contribution in [-0.2, 0) is 10.8 Å². The molecule has 574 valence electrons. The smallest absolute Gasteiger partial charge is 0.0737 e. The standard InChI is InChI=1S/C122H76N2/c1-6-35-77(36-7-1)81-66-69-111(102(72-81)79-39-10-3-11-40-79)123(85-43-12-4-13-44-85)113-76-106-116-97-57-23-17-48-88(97)90-50-19-25-59-99(90)120(116)122(118(106)101-61-27-21-55-95(101)113)109-64-33-30-53-93(109)104-74-83(65-68-110(104)122)80-41-34-42-84(71-80)103-73-82(78-37-8-2-9-38-78)67-70-112(103)124(86-45-14-5-15-46-86)114-75-105-115-96-56-22-16-47-87(96)89-49-18-24-58-98(89)119(115)121(117(105)100-60-26-20-54-94(100)114)107-62-31-28-51-91(107)92-52-29-32-63-108(92)121/h1-76H. The molecule has 2 nitrogen and oxygen atoms in total. The number of rotatable bonds is 11. The summed E-state index contributed by atoms with van der Waals surface area (Å²) >= 11 is 0. The number of fused-ring (bicyclic) bond motifs is 34. The van der Waals surface area contributed by atoms with Gasteiger partial charge in [-0.25, -0.2) is 0 Å². The molecule has 22 aromatic rings. The predicted octanol–water partition coefficient (Wildman–Crippen LogP) is 32.6. The Morgan fingerprint density at radius 3 is 0.855 bits per heavy atom. The summed E-state index contributed by atoms with van der Waals surface area (Å²) in [5, 5.41) is 14.8. The van der Waals surface area contributed by atoms with Gasteiger partial charge in [0.1, 0.15) is 0 Å². The van der Waals surface area contributed by atoms with Gasteiger partial charge in [0.05, 0.1) is 33.6 Å². The first kappa shape index (κ1) is 69.9. The quantitative estimate of drug-likeness (QED) is 0.119. The summed E-state index contributed by atoms with van der Waals surface area (Å²) in [5.74, 6) is 0. The molecule has 0 amide bonds. The van der Waals surface area contributed by atoms with Gasteiger partial charge >= 0.3 is 0 Å². The molecule has 124 heavy (non-hydrogen) atoms. The Morgan fingerprint density at radius 2 is 0.419 bits per heavy atom. The van der Waals surface area contributed by atoms with Crippen molar-refractivity contribution < 1.29 is 0 Å². The van der Waals surface area contributed by atoms with Crippen LogP contribution in [0.4, 0.5) is 34.1 Å². The van der Waals surface area contributed by atoms with Crippen LogP contribution in [-0.4, -0.2) is 0 Å². The highest BCUT2D eigenvalue weighted by Gasteiger charge is 2.56. The summed E-state index contributed by atoms with van der Waals surface area (Å²) in [6, 6.07) is 175. The normalized spacial score (nSPS) is 13.9. The van der Waals surface area contributed by atoms with E-state index < -0.39 is 10.8 Å². The molecule has 2 heteroatoms. The first-order valence-electron chi connectivity index (χ1n) is 43.3. The van der Waals surface area contributed by atoms with Crippen molar-refractivity contribution in [3.8, 4) is 100 Å². The molecule has 0 N–H and O–H groups in total. The lowest BCUT2D eigenvalue weighted by atomic mass is 9.68. The molecule has 4 aliphatic rings. The van der Waals surface area contributed by atoms with Crippen LogP contribution >= 0.6 is 0 Å². The van der Waals surface area contributed by atoms with Crippen LogP contribution in [0.1, 0.15) is 44.5 Å². The highest BCUT2D eigenvalue weighted by atomic mass is 15.2. The van der Waals surface area contributed by atoms with Crippen LogP contribution in [0.25, 0.3) is 165 Å². The van der Waals surface area contributed by atoms with Crippen LogP contribution < -0.4 is 9.80 Å². The molecule has 0 aliphatic heterocycles. The minimum absolute atomic E-state index is 0.648. The van der Waals surface area contributed by atoms with Gasteiger partial charge in [0, 0.05) is 33.3 Å². The second-order valence-electron chi connectivity index (χ2n) is 33.8. The maximum Gasteiger partial charge on any atom is 0.0737 e. The van der Waals surface area contributed by atoms with E-state index in [-0.39, 0.29) is 0 Å². The topological polar surface area (TPSA) is 6.48 Å². The van der Waals surface area contributed by atoms with E-state index in [1.54, 1.807) is 0 Å². The van der Waals surface area contributed by atoms with E-state index in [1.807, 2.05) is 0 Å². The van der Waals surface area contributed by atoms with Gasteiger partial charge in [-0.3, -0.25) is 0 Å². The molecule has 1 atom stereocenters. The third kappa shape index (κ3) is 9.88. The number of para-hydroxylation sites is 2. The van der Waals surface area contributed by atoms with E-state index in [2.05, 4.69) is 471 Å². The second kappa shape index (κ2) is 27.3. The molecule has 0 saturated heterocycles. The van der Waals surface area contributed by atoms with Crippen molar-refractivity contribution in [2.45, 2.75) is 10.8 Å². The minimum atomic E-state index is -0.770. The Hall–Kier alpha value is -16.0. The van der Waals surface area contributed by atoms with E-state index in [0.717, 1.165) is 78.6 Å². The highest BCUT2D eigenvalue weighted by Crippen LogP contribution is 2.71. The molecular formula is C122H76N2. The van der Waals surface area contributed by atoms with E-state index in [9.17, 15) is 0 Å². The number of benzene rings is 22. The fourth-order valence-electron chi connectivity index (χ4n) is 22.9. The summed E-state index contributed by atoms with van der Waals surface area (Å²) in [7, 11) is 0. The predicted molar refractivity (Wildman–Crippen MR) is 521 cm³/mol. The lowest BCUT2D eigenvalue weighted by Crippen LogP contribution is -2.27. The van der Waals surface area contributed by atoms with Gasteiger partial charge in [0.15, 0.2) is 0 Å². The van der Waals surface area contributed by atoms with Crippen LogP contribution in [0.5, 0.6) is 0 Å². The number of nitrogens with zero attached hydrogens (tertiary/aromatic N) is 2. The molecule has 4 aliphatic carbocycles. The van der Waals surface area contributed by atoms with Crippen molar-refractivity contribution in [1.82, 2.24) is 0 Å². The Kier molecular flexibility index (Phi) is 15.4. The lowest BCUT2D eigenvalue weighted by molar-refractivity contribution is 0.809. The van der Waals surface area contributed by atoms with Crippen molar-refractivity contribution >= 4 is 98.8 Å². The van der Waals surface area contributed by atoms with Gasteiger partial charge in [-0.2, -0.15) is 0 Å². The molecule has 0 aromatic heterocycles. The van der Waals surface area contributed by atoms with Gasteiger partial charge < -0.3 is 9.80 Å². The van der Waals surface area contributed by atoms with Crippen molar-refractivity contribution in [3.63, 3.8) is 0 Å². The van der Waals surface area contributed by atoms with E-state index in [1.165, 1.54) is 165 Å². The largest absolute Gasteiger partial charge is 0.309 e. The monoisotopic (exact) mass is 1570 g/mol. The molecule has 0 bridgehead atoms. The maximum atomic E-state index is 2.59. The summed E-state index contributed by atoms with van der Waals surface area (Å²) in [6.07, 6.45) is 0. The third-order valence-electron chi connectivity index (χ3n) is 27.7. The Morgan fingerprint density at radius 1 is 0.137 bits per heavy atom. The number of anilines is 6. The van der Waals surface area contributed by atoms with Crippen molar-refractivity contribution in [2.24, 2.45) is 0 Å². The first-order chi connectivity index (χ1) is 61.6. The molecule has 2 spiro atoms. The fraction of sp³-hybridized carbons (Fsp3) is 0.0164. The zero-order valence-corrected chi connectivity index (χ0v) is 67.8. The average Bonchev–Trinajstić information content (AvgIpc) is 1.49. The molecule has 0 radical (unpaired) electrons. The molecule has 1 unspecified atom stereocenters. The zero-order chi connectivity index (χ0) is 81.3.